The molecule has 0 bridgehead atoms. The van der Waals surface area contributed by atoms with Crippen LogP contribution in [0.15, 0.2) is 12.3 Å². The Morgan fingerprint density at radius 3 is 2.50 bits per heavy atom. The first-order valence-corrected chi connectivity index (χ1v) is 5.92. The number of aromatic nitrogens is 2. The van der Waals surface area contributed by atoms with Crippen molar-refractivity contribution < 1.29 is 13.2 Å². The van der Waals surface area contributed by atoms with Gasteiger partial charge < -0.3 is 4.40 Å². The van der Waals surface area contributed by atoms with Gasteiger partial charge in [0.05, 0.1) is 27.4 Å². The minimum atomic E-state index is -4.46. The van der Waals surface area contributed by atoms with Crippen LogP contribution in [-0.2, 0) is 6.18 Å². The second kappa shape index (κ2) is 4.31. The Balaban J connectivity index is 2.81. The van der Waals surface area contributed by atoms with Crippen LogP contribution >= 0.6 is 23.2 Å². The predicted molar refractivity (Wildman–Crippen MR) is 64.2 cm³/mol. The predicted octanol–water partition coefficient (Wildman–Crippen LogP) is 4.61. The van der Waals surface area contributed by atoms with E-state index in [4.69, 9.17) is 23.2 Å². The Hall–Kier alpha value is -0.940. The van der Waals surface area contributed by atoms with Crippen LogP contribution < -0.4 is 0 Å². The molecule has 1 unspecified atom stereocenters. The lowest BCUT2D eigenvalue weighted by molar-refractivity contribution is -0.137. The summed E-state index contributed by atoms with van der Waals surface area (Å²) in [6, 6.07) is 0.867. The van der Waals surface area contributed by atoms with E-state index in [0.29, 0.717) is 11.4 Å². The number of pyridine rings is 1. The van der Waals surface area contributed by atoms with Crippen molar-refractivity contribution in [2.45, 2.75) is 25.4 Å². The van der Waals surface area contributed by atoms with Crippen LogP contribution in [-0.4, -0.2) is 9.38 Å². The number of imidazole rings is 1. The van der Waals surface area contributed by atoms with Gasteiger partial charge >= 0.3 is 6.18 Å². The molecule has 0 saturated heterocycles. The normalized spacial score (nSPS) is 14.2. The van der Waals surface area contributed by atoms with Gasteiger partial charge in [-0.25, -0.2) is 4.98 Å². The number of nitrogens with zero attached hydrogens (tertiary/aromatic N) is 2. The molecule has 2 rings (SSSR count). The molecule has 0 spiro atoms. The fourth-order valence-corrected chi connectivity index (χ4v) is 2.38. The molecule has 0 amide bonds. The minimum Gasteiger partial charge on any atom is -0.300 e. The molecular formula is C11H9Cl2F3N2. The van der Waals surface area contributed by atoms with E-state index < -0.39 is 17.1 Å². The van der Waals surface area contributed by atoms with Crippen molar-refractivity contribution >= 4 is 28.8 Å². The van der Waals surface area contributed by atoms with Crippen LogP contribution in [0.1, 0.15) is 29.3 Å². The Kier molecular flexibility index (Phi) is 3.23. The van der Waals surface area contributed by atoms with Gasteiger partial charge in [-0.15, -0.1) is 11.6 Å². The highest BCUT2D eigenvalue weighted by molar-refractivity contribution is 6.33. The molecule has 7 heteroatoms. The number of rotatable bonds is 1. The SMILES string of the molecule is Cc1nc2c(Cl)cc(C(F)(F)F)cn2c1C(C)Cl. The number of hydrogen-bond acceptors (Lipinski definition) is 1. The molecule has 0 aliphatic rings. The van der Waals surface area contributed by atoms with E-state index >= 15 is 0 Å². The van der Waals surface area contributed by atoms with E-state index in [1.165, 1.54) is 4.40 Å². The molecule has 1 atom stereocenters. The maximum Gasteiger partial charge on any atom is 0.417 e. The van der Waals surface area contributed by atoms with Crippen molar-refractivity contribution in [3.05, 3.63) is 34.2 Å². The zero-order valence-corrected chi connectivity index (χ0v) is 11.0. The number of fused-ring (bicyclic) bond motifs is 1. The Morgan fingerprint density at radius 1 is 1.39 bits per heavy atom. The first kappa shape index (κ1) is 13.5. The summed E-state index contributed by atoms with van der Waals surface area (Å²) in [7, 11) is 0. The van der Waals surface area contributed by atoms with E-state index in [-0.39, 0.29) is 10.7 Å². The van der Waals surface area contributed by atoms with Gasteiger partial charge in [-0.2, -0.15) is 13.2 Å². The molecule has 2 aromatic heterocycles. The van der Waals surface area contributed by atoms with Crippen molar-refractivity contribution in [3.8, 4) is 0 Å². The Bertz CT molecular complexity index is 602. The summed E-state index contributed by atoms with van der Waals surface area (Å²) in [5, 5.41) is -0.504. The maximum absolute atomic E-state index is 12.7. The van der Waals surface area contributed by atoms with Crippen molar-refractivity contribution in [2.75, 3.05) is 0 Å². The van der Waals surface area contributed by atoms with Gasteiger partial charge in [0.25, 0.3) is 0 Å². The molecule has 0 fully saturated rings. The number of hydrogen-bond donors (Lipinski definition) is 0. The third-order valence-corrected chi connectivity index (χ3v) is 3.08. The lowest BCUT2D eigenvalue weighted by Crippen LogP contribution is -2.07. The highest BCUT2D eigenvalue weighted by Gasteiger charge is 2.32. The van der Waals surface area contributed by atoms with Gasteiger partial charge in [-0.1, -0.05) is 11.6 Å². The van der Waals surface area contributed by atoms with E-state index in [9.17, 15) is 13.2 Å². The van der Waals surface area contributed by atoms with Crippen molar-refractivity contribution in [3.63, 3.8) is 0 Å². The highest BCUT2D eigenvalue weighted by Crippen LogP contribution is 2.34. The largest absolute Gasteiger partial charge is 0.417 e. The smallest absolute Gasteiger partial charge is 0.300 e. The summed E-state index contributed by atoms with van der Waals surface area (Å²) >= 11 is 11.8. The highest BCUT2D eigenvalue weighted by atomic mass is 35.5. The average Bonchev–Trinajstić information content (AvgIpc) is 2.53. The molecule has 2 aromatic rings. The molecule has 0 N–H and O–H groups in total. The van der Waals surface area contributed by atoms with Crippen molar-refractivity contribution in [1.29, 1.82) is 0 Å². The topological polar surface area (TPSA) is 17.3 Å². The number of alkyl halides is 4. The van der Waals surface area contributed by atoms with Crippen LogP contribution in [0.25, 0.3) is 5.65 Å². The third-order valence-electron chi connectivity index (χ3n) is 2.60. The molecule has 0 aliphatic carbocycles. The second-order valence-electron chi connectivity index (χ2n) is 3.97. The molecule has 18 heavy (non-hydrogen) atoms. The summed E-state index contributed by atoms with van der Waals surface area (Å²) in [6.07, 6.45) is -3.49. The Morgan fingerprint density at radius 2 is 2.00 bits per heavy atom. The summed E-state index contributed by atoms with van der Waals surface area (Å²) in [5.74, 6) is 0. The van der Waals surface area contributed by atoms with E-state index in [1.807, 2.05) is 0 Å². The zero-order chi connectivity index (χ0) is 13.7. The van der Waals surface area contributed by atoms with E-state index in [1.54, 1.807) is 13.8 Å². The van der Waals surface area contributed by atoms with Crippen LogP contribution in [0.4, 0.5) is 13.2 Å². The van der Waals surface area contributed by atoms with Gasteiger partial charge in [-0.05, 0) is 19.9 Å². The Labute approximate surface area is 111 Å². The number of aryl methyl sites for hydroxylation is 1. The van der Waals surface area contributed by atoms with E-state index in [2.05, 4.69) is 4.98 Å². The van der Waals surface area contributed by atoms with Crippen LogP contribution in [0, 0.1) is 6.92 Å². The van der Waals surface area contributed by atoms with Crippen LogP contribution in [0.5, 0.6) is 0 Å². The van der Waals surface area contributed by atoms with Gasteiger partial charge in [0.2, 0.25) is 0 Å². The lowest BCUT2D eigenvalue weighted by Gasteiger charge is -2.10. The first-order chi connectivity index (χ1) is 8.21. The number of halogens is 5. The van der Waals surface area contributed by atoms with E-state index in [0.717, 1.165) is 12.3 Å². The molecule has 0 aliphatic heterocycles. The van der Waals surface area contributed by atoms with Crippen molar-refractivity contribution in [2.24, 2.45) is 0 Å². The van der Waals surface area contributed by atoms with Crippen LogP contribution in [0.3, 0.4) is 0 Å². The van der Waals surface area contributed by atoms with Crippen LogP contribution in [0.2, 0.25) is 5.02 Å². The molecule has 2 nitrogen and oxygen atoms in total. The maximum atomic E-state index is 12.7. The van der Waals surface area contributed by atoms with Gasteiger partial charge in [0, 0.05) is 6.20 Å². The van der Waals surface area contributed by atoms with Gasteiger partial charge in [0.1, 0.15) is 0 Å². The minimum absolute atomic E-state index is 0.0449. The molecule has 0 saturated carbocycles. The second-order valence-corrected chi connectivity index (χ2v) is 5.03. The third kappa shape index (κ3) is 2.17. The van der Waals surface area contributed by atoms with Gasteiger partial charge in [0.15, 0.2) is 5.65 Å². The van der Waals surface area contributed by atoms with Crippen molar-refractivity contribution in [1.82, 2.24) is 9.38 Å². The molecule has 0 radical (unpaired) electrons. The zero-order valence-electron chi connectivity index (χ0n) is 9.52. The van der Waals surface area contributed by atoms with Gasteiger partial charge in [-0.3, -0.25) is 0 Å². The molecular weight excluding hydrogens is 288 g/mol. The standard InChI is InChI=1S/C11H9Cl2F3N2/c1-5(12)9-6(2)17-10-8(13)3-7(4-18(9)10)11(14,15)16/h3-5H,1-2H3. The summed E-state index contributed by atoms with van der Waals surface area (Å²) in [5.41, 5.74) is 0.541. The fraction of sp³-hybridized carbons (Fsp3) is 0.364. The molecule has 0 aromatic carbocycles. The summed E-state index contributed by atoms with van der Waals surface area (Å²) in [4.78, 5) is 4.14. The quantitative estimate of drug-likeness (QED) is 0.702. The fourth-order valence-electron chi connectivity index (χ4n) is 1.87. The lowest BCUT2D eigenvalue weighted by atomic mass is 10.2. The monoisotopic (exact) mass is 296 g/mol. The average molecular weight is 297 g/mol. The summed E-state index contributed by atoms with van der Waals surface area (Å²) < 4.78 is 39.4. The first-order valence-electron chi connectivity index (χ1n) is 5.11. The molecule has 98 valence electrons. The molecule has 2 heterocycles. The summed E-state index contributed by atoms with van der Waals surface area (Å²) in [6.45, 7) is 3.36.